The Morgan fingerprint density at radius 1 is 0.889 bits per heavy atom. The molecular formula is C27H25N5O4. The maximum Gasteiger partial charge on any atom is 0.257 e. The standard InChI is InChI=1S/C27H25N5O4/c1-34-18-11-9-17(10-12-18)32-25(28)23(24-26(32)31-20-7-5-4-6-19(20)30-24)27(33)29-15-16-8-13-21(35-2)22(14-16)36-3/h4-14H,15,28H2,1-3H3,(H,29,33). The number of hydrogen-bond donors (Lipinski definition) is 2. The molecule has 9 heteroatoms. The largest absolute Gasteiger partial charge is 0.497 e. The summed E-state index contributed by atoms with van der Waals surface area (Å²) in [5, 5.41) is 2.95. The van der Waals surface area contributed by atoms with Crippen molar-refractivity contribution in [1.82, 2.24) is 19.9 Å². The number of carbonyl (C=O) groups is 1. The van der Waals surface area contributed by atoms with Crippen LogP contribution >= 0.6 is 0 Å². The maximum absolute atomic E-state index is 13.5. The average Bonchev–Trinajstić information content (AvgIpc) is 3.20. The number of anilines is 1. The predicted octanol–water partition coefficient (Wildman–Crippen LogP) is 4.11. The number of ether oxygens (including phenoxy) is 3. The zero-order chi connectivity index (χ0) is 25.2. The molecule has 9 nitrogen and oxygen atoms in total. The second kappa shape index (κ2) is 9.46. The molecule has 0 aliphatic rings. The van der Waals surface area contributed by atoms with Crippen molar-refractivity contribution in [3.63, 3.8) is 0 Å². The van der Waals surface area contributed by atoms with Crippen LogP contribution in [0.15, 0.2) is 66.7 Å². The van der Waals surface area contributed by atoms with Crippen LogP contribution < -0.4 is 25.3 Å². The van der Waals surface area contributed by atoms with Crippen molar-refractivity contribution < 1.29 is 19.0 Å². The summed E-state index contributed by atoms with van der Waals surface area (Å²) >= 11 is 0. The Bertz CT molecular complexity index is 1580. The third-order valence-electron chi connectivity index (χ3n) is 5.96. The molecule has 2 aromatic heterocycles. The summed E-state index contributed by atoms with van der Waals surface area (Å²) in [5.41, 5.74) is 10.7. The highest BCUT2D eigenvalue weighted by Crippen LogP contribution is 2.32. The molecule has 2 heterocycles. The minimum absolute atomic E-state index is 0.246. The molecule has 0 atom stereocenters. The average molecular weight is 484 g/mol. The summed E-state index contributed by atoms with van der Waals surface area (Å²) in [4.78, 5) is 23.0. The number of nitrogen functional groups attached to an aromatic ring is 1. The molecule has 0 bridgehead atoms. The predicted molar refractivity (Wildman–Crippen MR) is 138 cm³/mol. The summed E-state index contributed by atoms with van der Waals surface area (Å²) in [6.45, 7) is 0.259. The van der Waals surface area contributed by atoms with Crippen molar-refractivity contribution in [2.75, 3.05) is 27.1 Å². The number of amides is 1. The van der Waals surface area contributed by atoms with Crippen molar-refractivity contribution >= 4 is 33.9 Å². The first-order valence-electron chi connectivity index (χ1n) is 11.2. The molecule has 5 rings (SSSR count). The highest BCUT2D eigenvalue weighted by atomic mass is 16.5. The Morgan fingerprint density at radius 3 is 2.25 bits per heavy atom. The lowest BCUT2D eigenvalue weighted by Crippen LogP contribution is -2.24. The van der Waals surface area contributed by atoms with Gasteiger partial charge in [0.2, 0.25) is 0 Å². The molecule has 0 unspecified atom stereocenters. The lowest BCUT2D eigenvalue weighted by Gasteiger charge is -2.11. The fourth-order valence-corrected chi connectivity index (χ4v) is 4.14. The van der Waals surface area contributed by atoms with Gasteiger partial charge < -0.3 is 25.3 Å². The first kappa shape index (κ1) is 23.0. The molecule has 3 aromatic carbocycles. The quantitative estimate of drug-likeness (QED) is 0.358. The number of fused-ring (bicyclic) bond motifs is 2. The topological polar surface area (TPSA) is 114 Å². The van der Waals surface area contributed by atoms with Gasteiger partial charge in [-0.2, -0.15) is 0 Å². The highest BCUT2D eigenvalue weighted by Gasteiger charge is 2.25. The SMILES string of the molecule is COc1ccc(-n2c(N)c(C(=O)NCc3ccc(OC)c(OC)c3)c3nc4ccccc4nc32)cc1. The van der Waals surface area contributed by atoms with Crippen molar-refractivity contribution in [3.8, 4) is 22.9 Å². The third-order valence-corrected chi connectivity index (χ3v) is 5.96. The molecule has 0 spiro atoms. The van der Waals surface area contributed by atoms with Crippen LogP contribution in [0, 0.1) is 0 Å². The molecule has 182 valence electrons. The van der Waals surface area contributed by atoms with Crippen LogP contribution in [0.2, 0.25) is 0 Å². The molecule has 0 saturated heterocycles. The van der Waals surface area contributed by atoms with E-state index >= 15 is 0 Å². The monoisotopic (exact) mass is 483 g/mol. The van der Waals surface area contributed by atoms with Crippen LogP contribution in [-0.4, -0.2) is 41.8 Å². The number of aromatic nitrogens is 3. The van der Waals surface area contributed by atoms with Crippen molar-refractivity contribution in [1.29, 1.82) is 0 Å². The molecule has 0 fully saturated rings. The Balaban J connectivity index is 1.58. The van der Waals surface area contributed by atoms with Crippen LogP contribution in [0.5, 0.6) is 17.2 Å². The van der Waals surface area contributed by atoms with Crippen LogP contribution in [0.3, 0.4) is 0 Å². The normalized spacial score (nSPS) is 11.0. The molecule has 0 radical (unpaired) electrons. The van der Waals surface area contributed by atoms with Gasteiger partial charge in [0.1, 0.15) is 22.6 Å². The smallest absolute Gasteiger partial charge is 0.257 e. The van der Waals surface area contributed by atoms with Crippen LogP contribution in [-0.2, 0) is 6.54 Å². The van der Waals surface area contributed by atoms with Gasteiger partial charge in [0.05, 0.1) is 32.4 Å². The van der Waals surface area contributed by atoms with Crippen molar-refractivity contribution in [2.45, 2.75) is 6.54 Å². The first-order chi connectivity index (χ1) is 17.5. The van der Waals surface area contributed by atoms with E-state index in [9.17, 15) is 4.79 Å². The van der Waals surface area contributed by atoms with Crippen LogP contribution in [0.25, 0.3) is 27.9 Å². The minimum atomic E-state index is -0.357. The number of rotatable bonds is 7. The fraction of sp³-hybridized carbons (Fsp3) is 0.148. The molecule has 0 aliphatic heterocycles. The molecular weight excluding hydrogens is 458 g/mol. The molecule has 5 aromatic rings. The minimum Gasteiger partial charge on any atom is -0.497 e. The van der Waals surface area contributed by atoms with E-state index in [0.717, 1.165) is 11.3 Å². The Hall–Kier alpha value is -4.79. The number of nitrogens with zero attached hydrogens (tertiary/aromatic N) is 3. The van der Waals surface area contributed by atoms with E-state index in [-0.39, 0.29) is 23.8 Å². The summed E-state index contributed by atoms with van der Waals surface area (Å²) in [6, 6.07) is 20.3. The number of methoxy groups -OCH3 is 3. The number of nitrogens with one attached hydrogen (secondary N) is 1. The third kappa shape index (κ3) is 4.00. The van der Waals surface area contributed by atoms with E-state index in [4.69, 9.17) is 29.9 Å². The van der Waals surface area contributed by atoms with Gasteiger partial charge in [-0.05, 0) is 54.1 Å². The van der Waals surface area contributed by atoms with E-state index in [1.807, 2.05) is 60.7 Å². The van der Waals surface area contributed by atoms with E-state index < -0.39 is 0 Å². The summed E-state index contributed by atoms with van der Waals surface area (Å²) in [5.74, 6) is 1.79. The molecule has 0 aliphatic carbocycles. The van der Waals surface area contributed by atoms with E-state index in [0.29, 0.717) is 39.4 Å². The summed E-state index contributed by atoms with van der Waals surface area (Å²) in [6.07, 6.45) is 0. The van der Waals surface area contributed by atoms with Gasteiger partial charge >= 0.3 is 0 Å². The fourth-order valence-electron chi connectivity index (χ4n) is 4.14. The number of benzene rings is 3. The number of hydrogen-bond acceptors (Lipinski definition) is 7. The lowest BCUT2D eigenvalue weighted by atomic mass is 10.2. The molecule has 3 N–H and O–H groups in total. The van der Waals surface area contributed by atoms with E-state index in [2.05, 4.69) is 5.32 Å². The van der Waals surface area contributed by atoms with Crippen molar-refractivity contribution in [2.24, 2.45) is 0 Å². The van der Waals surface area contributed by atoms with Gasteiger partial charge in [0.25, 0.3) is 5.91 Å². The van der Waals surface area contributed by atoms with Gasteiger partial charge in [0, 0.05) is 12.2 Å². The second-order valence-electron chi connectivity index (χ2n) is 8.05. The lowest BCUT2D eigenvalue weighted by molar-refractivity contribution is 0.0953. The highest BCUT2D eigenvalue weighted by molar-refractivity contribution is 6.11. The molecule has 1 amide bonds. The Morgan fingerprint density at radius 2 is 1.58 bits per heavy atom. The van der Waals surface area contributed by atoms with E-state index in [1.54, 1.807) is 32.0 Å². The van der Waals surface area contributed by atoms with Gasteiger partial charge in [-0.15, -0.1) is 0 Å². The van der Waals surface area contributed by atoms with Crippen LogP contribution in [0.1, 0.15) is 15.9 Å². The second-order valence-corrected chi connectivity index (χ2v) is 8.05. The van der Waals surface area contributed by atoms with Gasteiger partial charge in [-0.1, -0.05) is 18.2 Å². The van der Waals surface area contributed by atoms with Crippen molar-refractivity contribution in [3.05, 3.63) is 77.9 Å². The molecule has 36 heavy (non-hydrogen) atoms. The molecule has 0 saturated carbocycles. The zero-order valence-corrected chi connectivity index (χ0v) is 20.1. The number of carbonyl (C=O) groups excluding carboxylic acids is 1. The summed E-state index contributed by atoms with van der Waals surface area (Å²) in [7, 11) is 4.75. The Kier molecular flexibility index (Phi) is 6.03. The number of nitrogens with two attached hydrogens (primary N) is 1. The maximum atomic E-state index is 13.5. The Labute approximate surface area is 207 Å². The van der Waals surface area contributed by atoms with Gasteiger partial charge in [-0.3, -0.25) is 9.36 Å². The summed E-state index contributed by atoms with van der Waals surface area (Å²) < 4.78 is 17.7. The van der Waals surface area contributed by atoms with Crippen LogP contribution in [0.4, 0.5) is 5.82 Å². The number of para-hydroxylation sites is 2. The van der Waals surface area contributed by atoms with Gasteiger partial charge in [0.15, 0.2) is 17.1 Å². The van der Waals surface area contributed by atoms with E-state index in [1.165, 1.54) is 0 Å². The zero-order valence-electron chi connectivity index (χ0n) is 20.1. The first-order valence-corrected chi connectivity index (χ1v) is 11.2. The van der Waals surface area contributed by atoms with Gasteiger partial charge in [-0.25, -0.2) is 9.97 Å².